The van der Waals surface area contributed by atoms with Crippen LogP contribution in [-0.2, 0) is 22.8 Å². The number of hydrogen-bond donors (Lipinski definition) is 0. The minimum atomic E-state index is -4.50. The molecule has 0 radical (unpaired) electrons. The second-order valence-electron chi connectivity index (χ2n) is 8.95. The zero-order valence-corrected chi connectivity index (χ0v) is 19.0. The van der Waals surface area contributed by atoms with Crippen LogP contribution in [0, 0.1) is 11.6 Å². The summed E-state index contributed by atoms with van der Waals surface area (Å²) in [6.45, 7) is 1.67. The van der Waals surface area contributed by atoms with Gasteiger partial charge in [-0.25, -0.2) is 8.78 Å². The summed E-state index contributed by atoms with van der Waals surface area (Å²) in [6, 6.07) is 16.4. The molecule has 3 aromatic carbocycles. The van der Waals surface area contributed by atoms with Crippen LogP contribution in [0.3, 0.4) is 0 Å². The third kappa shape index (κ3) is 4.12. The highest BCUT2D eigenvalue weighted by Gasteiger charge is 2.48. The molecule has 8 heteroatoms. The molecule has 2 heterocycles. The lowest BCUT2D eigenvalue weighted by Crippen LogP contribution is -2.37. The lowest BCUT2D eigenvalue weighted by molar-refractivity contribution is -0.137. The van der Waals surface area contributed by atoms with Crippen LogP contribution in [0.1, 0.15) is 23.6 Å². The molecule has 0 saturated heterocycles. The molecule has 0 fully saturated rings. The van der Waals surface area contributed by atoms with Gasteiger partial charge in [0.05, 0.1) is 28.6 Å². The topological polar surface area (TPSA) is 33.2 Å². The van der Waals surface area contributed by atoms with E-state index in [1.54, 1.807) is 49.5 Å². The minimum Gasteiger partial charge on any atom is -0.278 e. The Labute approximate surface area is 203 Å². The Bertz CT molecular complexity index is 1450. The van der Waals surface area contributed by atoms with Gasteiger partial charge in [0.15, 0.2) is 0 Å². The maximum atomic E-state index is 13.9. The Morgan fingerprint density at radius 1 is 0.889 bits per heavy atom. The van der Waals surface area contributed by atoms with E-state index < -0.39 is 28.8 Å². The van der Waals surface area contributed by atoms with Gasteiger partial charge in [-0.05, 0) is 84.1 Å². The van der Waals surface area contributed by atoms with E-state index in [0.717, 1.165) is 18.2 Å². The molecule has 3 nitrogen and oxygen atoms in total. The summed E-state index contributed by atoms with van der Waals surface area (Å²) in [6.07, 6.45) is -1.43. The zero-order valence-electron chi connectivity index (χ0n) is 19.0. The van der Waals surface area contributed by atoms with Crippen molar-refractivity contribution in [2.24, 2.45) is 0 Å². The molecule has 4 aromatic rings. The van der Waals surface area contributed by atoms with E-state index in [4.69, 9.17) is 0 Å². The fourth-order valence-electron chi connectivity index (χ4n) is 4.73. The predicted octanol–water partition coefficient (Wildman–Crippen LogP) is 7.22. The number of alkyl halides is 3. The van der Waals surface area contributed by atoms with Crippen LogP contribution in [0.4, 0.5) is 33.3 Å². The van der Waals surface area contributed by atoms with Crippen LogP contribution < -0.4 is 4.90 Å². The van der Waals surface area contributed by atoms with E-state index >= 15 is 0 Å². The van der Waals surface area contributed by atoms with Crippen LogP contribution in [0.15, 0.2) is 85.2 Å². The van der Waals surface area contributed by atoms with Gasteiger partial charge in [0.2, 0.25) is 5.91 Å². The molecular weight excluding hydrogens is 475 g/mol. The van der Waals surface area contributed by atoms with Gasteiger partial charge >= 0.3 is 6.18 Å². The van der Waals surface area contributed by atoms with Crippen molar-refractivity contribution in [3.8, 4) is 11.1 Å². The summed E-state index contributed by atoms with van der Waals surface area (Å²) in [5.74, 6) is -1.86. The first kappa shape index (κ1) is 23.7. The maximum absolute atomic E-state index is 13.9. The average Bonchev–Trinajstić information content (AvgIpc) is 3.04. The number of hydrogen-bond acceptors (Lipinski definition) is 2. The van der Waals surface area contributed by atoms with Crippen molar-refractivity contribution >= 4 is 17.3 Å². The summed E-state index contributed by atoms with van der Waals surface area (Å²) in [5, 5.41) is 0. The lowest BCUT2D eigenvalue weighted by Gasteiger charge is -2.25. The smallest absolute Gasteiger partial charge is 0.278 e. The Balaban J connectivity index is 1.67. The van der Waals surface area contributed by atoms with Gasteiger partial charge in [0, 0.05) is 12.3 Å². The van der Waals surface area contributed by atoms with E-state index in [0.29, 0.717) is 28.1 Å². The molecule has 1 unspecified atom stereocenters. The molecule has 5 rings (SSSR count). The first-order chi connectivity index (χ1) is 17.1. The van der Waals surface area contributed by atoms with Crippen molar-refractivity contribution in [1.29, 1.82) is 0 Å². The lowest BCUT2D eigenvalue weighted by atomic mass is 9.77. The fraction of sp³-hybridized carbons (Fsp3) is 0.143. The fourth-order valence-corrected chi connectivity index (χ4v) is 4.73. The van der Waals surface area contributed by atoms with Crippen molar-refractivity contribution in [3.05, 3.63) is 114 Å². The first-order valence-corrected chi connectivity index (χ1v) is 11.1. The Kier molecular flexibility index (Phi) is 5.62. The van der Waals surface area contributed by atoms with Crippen molar-refractivity contribution in [2.45, 2.75) is 24.9 Å². The van der Waals surface area contributed by atoms with Gasteiger partial charge in [-0.2, -0.15) is 13.2 Å². The van der Waals surface area contributed by atoms with Crippen LogP contribution in [0.2, 0.25) is 0 Å². The highest BCUT2D eigenvalue weighted by Crippen LogP contribution is 2.48. The molecule has 0 saturated carbocycles. The van der Waals surface area contributed by atoms with Crippen LogP contribution >= 0.6 is 0 Å². The monoisotopic (exact) mass is 494 g/mol. The molecule has 36 heavy (non-hydrogen) atoms. The van der Waals surface area contributed by atoms with E-state index in [1.807, 2.05) is 0 Å². The van der Waals surface area contributed by atoms with Crippen molar-refractivity contribution in [1.82, 2.24) is 4.98 Å². The van der Waals surface area contributed by atoms with Crippen LogP contribution in [0.25, 0.3) is 11.1 Å². The third-order valence-electron chi connectivity index (χ3n) is 6.41. The summed E-state index contributed by atoms with van der Waals surface area (Å²) >= 11 is 0. The number of carbonyl (C=O) groups excluding carboxylic acids is 1. The number of amides is 1. The highest BCUT2D eigenvalue weighted by atomic mass is 19.4. The van der Waals surface area contributed by atoms with Crippen molar-refractivity contribution in [2.75, 3.05) is 4.90 Å². The number of rotatable bonds is 4. The number of carbonyl (C=O) groups is 1. The average molecular weight is 494 g/mol. The van der Waals surface area contributed by atoms with E-state index in [-0.39, 0.29) is 17.9 Å². The second kappa shape index (κ2) is 8.55. The van der Waals surface area contributed by atoms with Gasteiger partial charge in [0.25, 0.3) is 0 Å². The maximum Gasteiger partial charge on any atom is 0.416 e. The molecule has 0 bridgehead atoms. The summed E-state index contributed by atoms with van der Waals surface area (Å²) in [5.41, 5.74) is 0.641. The molecule has 1 aromatic heterocycles. The quantitative estimate of drug-likeness (QED) is 0.281. The van der Waals surface area contributed by atoms with Gasteiger partial charge in [-0.15, -0.1) is 0 Å². The van der Waals surface area contributed by atoms with Gasteiger partial charge in [0.1, 0.15) is 11.6 Å². The van der Waals surface area contributed by atoms with Crippen LogP contribution in [-0.4, -0.2) is 10.9 Å². The molecule has 1 aliphatic rings. The van der Waals surface area contributed by atoms with E-state index in [1.165, 1.54) is 29.3 Å². The molecule has 0 spiro atoms. The third-order valence-corrected chi connectivity index (χ3v) is 6.41. The SMILES string of the molecule is CC1(Cc2cc(F)cc(F)c2)C(=O)N(c2cccnc2)c2ccc(-c3cccc(C(F)(F)F)c3)cc21. The zero-order chi connectivity index (χ0) is 25.7. The summed E-state index contributed by atoms with van der Waals surface area (Å²) in [4.78, 5) is 19.4. The Morgan fingerprint density at radius 3 is 2.28 bits per heavy atom. The number of anilines is 2. The number of nitrogens with zero attached hydrogens (tertiary/aromatic N) is 2. The standard InChI is InChI=1S/C28H19F5N2O/c1-27(15-17-10-21(29)14-22(30)11-17)24-13-19(18-4-2-5-20(12-18)28(31,32)33)7-8-25(24)35(26(27)36)23-6-3-9-34-16-23/h2-14,16H,15H2,1H3. The van der Waals surface area contributed by atoms with Crippen LogP contribution in [0.5, 0.6) is 0 Å². The van der Waals surface area contributed by atoms with E-state index in [9.17, 15) is 26.7 Å². The van der Waals surface area contributed by atoms with Gasteiger partial charge in [-0.1, -0.05) is 18.2 Å². The highest BCUT2D eigenvalue weighted by molar-refractivity contribution is 6.13. The summed E-state index contributed by atoms with van der Waals surface area (Å²) < 4.78 is 67.8. The molecule has 1 amide bonds. The predicted molar refractivity (Wildman–Crippen MR) is 126 cm³/mol. The molecule has 182 valence electrons. The number of aromatic nitrogens is 1. The molecule has 1 atom stereocenters. The Hall–Kier alpha value is -4.07. The molecule has 0 aliphatic carbocycles. The molecular formula is C28H19F5N2O. The largest absolute Gasteiger partial charge is 0.416 e. The van der Waals surface area contributed by atoms with Gasteiger partial charge in [-0.3, -0.25) is 14.7 Å². The normalized spacial score (nSPS) is 17.4. The second-order valence-corrected chi connectivity index (χ2v) is 8.95. The van der Waals surface area contributed by atoms with Gasteiger partial charge < -0.3 is 0 Å². The molecule has 0 N–H and O–H groups in total. The minimum absolute atomic E-state index is 0.0175. The number of fused-ring (bicyclic) bond motifs is 1. The van der Waals surface area contributed by atoms with Crippen molar-refractivity contribution < 1.29 is 26.7 Å². The summed E-state index contributed by atoms with van der Waals surface area (Å²) in [7, 11) is 0. The first-order valence-electron chi connectivity index (χ1n) is 11.1. The number of pyridine rings is 1. The van der Waals surface area contributed by atoms with E-state index in [2.05, 4.69) is 4.98 Å². The number of halogens is 5. The Morgan fingerprint density at radius 2 is 1.61 bits per heavy atom. The molecule has 1 aliphatic heterocycles. The van der Waals surface area contributed by atoms with Crippen molar-refractivity contribution in [3.63, 3.8) is 0 Å². The number of benzene rings is 3.